The van der Waals surface area contributed by atoms with Crippen LogP contribution >= 0.6 is 11.6 Å². The second kappa shape index (κ2) is 5.59. The molecule has 102 valence electrons. The lowest BCUT2D eigenvalue weighted by Gasteiger charge is -2.26. The second-order valence-electron chi connectivity index (χ2n) is 5.52. The van der Waals surface area contributed by atoms with Gasteiger partial charge in [-0.05, 0) is 25.2 Å². The van der Waals surface area contributed by atoms with Crippen molar-refractivity contribution in [1.29, 1.82) is 0 Å². The van der Waals surface area contributed by atoms with Gasteiger partial charge in [0.1, 0.15) is 0 Å². The lowest BCUT2D eigenvalue weighted by atomic mass is 9.88. The Balaban J connectivity index is 2.15. The summed E-state index contributed by atoms with van der Waals surface area (Å²) in [6.45, 7) is 4.26. The first kappa shape index (κ1) is 13.8. The number of hydrazine groups is 1. The maximum atomic E-state index is 6.31. The predicted molar refractivity (Wildman–Crippen MR) is 74.3 cm³/mol. The average molecular weight is 271 g/mol. The van der Waals surface area contributed by atoms with Gasteiger partial charge < -0.3 is 0 Å². The van der Waals surface area contributed by atoms with Crippen LogP contribution in [0.4, 0.5) is 0 Å². The molecule has 1 aromatic rings. The van der Waals surface area contributed by atoms with Gasteiger partial charge in [0, 0.05) is 19.5 Å². The number of nitrogens with zero attached hydrogens (tertiary/aromatic N) is 2. The zero-order valence-corrected chi connectivity index (χ0v) is 12.2. The van der Waals surface area contributed by atoms with Crippen LogP contribution in [0.2, 0.25) is 5.02 Å². The Labute approximate surface area is 114 Å². The van der Waals surface area contributed by atoms with Gasteiger partial charge in [-0.1, -0.05) is 31.4 Å². The molecule has 18 heavy (non-hydrogen) atoms. The van der Waals surface area contributed by atoms with Crippen LogP contribution in [0.15, 0.2) is 0 Å². The highest BCUT2D eigenvalue weighted by atomic mass is 35.5. The van der Waals surface area contributed by atoms with E-state index in [0.717, 1.165) is 28.7 Å². The summed E-state index contributed by atoms with van der Waals surface area (Å²) in [4.78, 5) is 0. The van der Waals surface area contributed by atoms with Crippen LogP contribution in [-0.2, 0) is 13.5 Å². The topological polar surface area (TPSA) is 55.9 Å². The van der Waals surface area contributed by atoms with Crippen molar-refractivity contribution in [3.8, 4) is 0 Å². The third-order valence-electron chi connectivity index (χ3n) is 4.33. The third-order valence-corrected chi connectivity index (χ3v) is 4.83. The highest BCUT2D eigenvalue weighted by molar-refractivity contribution is 6.31. The molecule has 3 unspecified atom stereocenters. The monoisotopic (exact) mass is 270 g/mol. The van der Waals surface area contributed by atoms with E-state index >= 15 is 0 Å². The Morgan fingerprint density at radius 2 is 2.28 bits per heavy atom. The molecule has 1 aliphatic rings. The van der Waals surface area contributed by atoms with Crippen LogP contribution in [-0.4, -0.2) is 15.8 Å². The predicted octanol–water partition coefficient (Wildman–Crippen LogP) is 2.19. The molecule has 4 nitrogen and oxygen atoms in total. The van der Waals surface area contributed by atoms with Gasteiger partial charge in [0.2, 0.25) is 0 Å². The minimum absolute atomic E-state index is 0.287. The van der Waals surface area contributed by atoms with Gasteiger partial charge in [0.05, 0.1) is 16.4 Å². The summed E-state index contributed by atoms with van der Waals surface area (Å²) in [6, 6.07) is 0.287. The lowest BCUT2D eigenvalue weighted by Crippen LogP contribution is -2.43. The zero-order chi connectivity index (χ0) is 13.3. The summed E-state index contributed by atoms with van der Waals surface area (Å²) in [5, 5.41) is 5.14. The van der Waals surface area contributed by atoms with Gasteiger partial charge in [-0.3, -0.25) is 16.0 Å². The SMILES string of the molecule is Cc1nn(C)c(CC(NN)C2CCCC2C)c1Cl. The summed E-state index contributed by atoms with van der Waals surface area (Å²) >= 11 is 6.31. The van der Waals surface area contributed by atoms with Crippen molar-refractivity contribution in [2.45, 2.75) is 45.6 Å². The fourth-order valence-corrected chi connectivity index (χ4v) is 3.45. The Bertz CT molecular complexity index is 415. The fourth-order valence-electron chi connectivity index (χ4n) is 3.22. The molecule has 1 fully saturated rings. The highest BCUT2D eigenvalue weighted by Gasteiger charge is 2.31. The molecule has 1 aliphatic carbocycles. The van der Waals surface area contributed by atoms with Crippen molar-refractivity contribution in [2.24, 2.45) is 24.7 Å². The normalized spacial score (nSPS) is 25.6. The first-order chi connectivity index (χ1) is 8.54. The molecule has 1 aromatic heterocycles. The maximum absolute atomic E-state index is 6.31. The van der Waals surface area contributed by atoms with Crippen molar-refractivity contribution in [3.05, 3.63) is 16.4 Å². The molecule has 1 saturated carbocycles. The van der Waals surface area contributed by atoms with E-state index in [1.807, 2.05) is 18.7 Å². The molecule has 0 amide bonds. The first-order valence-corrected chi connectivity index (χ1v) is 7.06. The molecule has 0 bridgehead atoms. The summed E-state index contributed by atoms with van der Waals surface area (Å²) in [6.07, 6.45) is 4.72. The van der Waals surface area contributed by atoms with Gasteiger partial charge in [-0.25, -0.2) is 0 Å². The van der Waals surface area contributed by atoms with E-state index in [4.69, 9.17) is 17.4 Å². The molecule has 2 rings (SSSR count). The molecule has 0 aliphatic heterocycles. The second-order valence-corrected chi connectivity index (χ2v) is 5.90. The number of halogens is 1. The highest BCUT2D eigenvalue weighted by Crippen LogP contribution is 2.35. The van der Waals surface area contributed by atoms with Gasteiger partial charge in [0.15, 0.2) is 0 Å². The lowest BCUT2D eigenvalue weighted by molar-refractivity contribution is 0.294. The van der Waals surface area contributed by atoms with Crippen LogP contribution in [0.3, 0.4) is 0 Å². The summed E-state index contributed by atoms with van der Waals surface area (Å²) < 4.78 is 1.88. The van der Waals surface area contributed by atoms with E-state index in [0.29, 0.717) is 5.92 Å². The van der Waals surface area contributed by atoms with Crippen molar-refractivity contribution >= 4 is 11.6 Å². The number of nitrogens with two attached hydrogens (primary N) is 1. The Morgan fingerprint density at radius 3 is 2.72 bits per heavy atom. The first-order valence-electron chi connectivity index (χ1n) is 6.68. The molecule has 5 heteroatoms. The smallest absolute Gasteiger partial charge is 0.0847 e. The van der Waals surface area contributed by atoms with Crippen LogP contribution < -0.4 is 11.3 Å². The van der Waals surface area contributed by atoms with E-state index in [1.54, 1.807) is 0 Å². The van der Waals surface area contributed by atoms with Gasteiger partial charge in [-0.15, -0.1) is 0 Å². The largest absolute Gasteiger partial charge is 0.271 e. The van der Waals surface area contributed by atoms with E-state index in [-0.39, 0.29) is 6.04 Å². The van der Waals surface area contributed by atoms with Crippen molar-refractivity contribution in [3.63, 3.8) is 0 Å². The minimum Gasteiger partial charge on any atom is -0.271 e. The van der Waals surface area contributed by atoms with Crippen LogP contribution in [0, 0.1) is 18.8 Å². The molecule has 0 spiro atoms. The quantitative estimate of drug-likeness (QED) is 0.651. The summed E-state index contributed by atoms with van der Waals surface area (Å²) in [5.41, 5.74) is 4.96. The van der Waals surface area contributed by atoms with E-state index in [2.05, 4.69) is 17.4 Å². The fraction of sp³-hybridized carbons (Fsp3) is 0.769. The minimum atomic E-state index is 0.287. The van der Waals surface area contributed by atoms with Gasteiger partial charge >= 0.3 is 0 Å². The van der Waals surface area contributed by atoms with E-state index in [9.17, 15) is 0 Å². The molecule has 3 N–H and O–H groups in total. The Morgan fingerprint density at radius 1 is 1.56 bits per heavy atom. The number of rotatable bonds is 4. The van der Waals surface area contributed by atoms with Gasteiger partial charge in [-0.2, -0.15) is 5.10 Å². The molecular weight excluding hydrogens is 248 g/mol. The molecule has 0 radical (unpaired) electrons. The summed E-state index contributed by atoms with van der Waals surface area (Å²) in [5.74, 6) is 7.12. The molecule has 3 atom stereocenters. The average Bonchev–Trinajstić information content (AvgIpc) is 2.84. The molecule has 0 aromatic carbocycles. The number of nitrogens with one attached hydrogen (secondary N) is 1. The van der Waals surface area contributed by atoms with Crippen LogP contribution in [0.1, 0.15) is 37.6 Å². The molecule has 0 saturated heterocycles. The Kier molecular flexibility index (Phi) is 4.30. The molecular formula is C13H23ClN4. The number of aryl methyl sites for hydroxylation is 2. The number of hydrogen-bond donors (Lipinski definition) is 2. The zero-order valence-electron chi connectivity index (χ0n) is 11.4. The van der Waals surface area contributed by atoms with Crippen molar-refractivity contribution < 1.29 is 0 Å². The van der Waals surface area contributed by atoms with Crippen molar-refractivity contribution in [1.82, 2.24) is 15.2 Å². The number of aromatic nitrogens is 2. The van der Waals surface area contributed by atoms with Crippen LogP contribution in [0.5, 0.6) is 0 Å². The van der Waals surface area contributed by atoms with E-state index in [1.165, 1.54) is 19.3 Å². The molecule has 1 heterocycles. The third kappa shape index (κ3) is 2.56. The number of hydrogen-bond acceptors (Lipinski definition) is 3. The maximum Gasteiger partial charge on any atom is 0.0847 e. The van der Waals surface area contributed by atoms with E-state index < -0.39 is 0 Å². The van der Waals surface area contributed by atoms with Gasteiger partial charge in [0.25, 0.3) is 0 Å². The van der Waals surface area contributed by atoms with Crippen molar-refractivity contribution in [2.75, 3.05) is 0 Å². The Hall–Kier alpha value is -0.580. The summed E-state index contributed by atoms with van der Waals surface area (Å²) in [7, 11) is 1.94. The standard InChI is InChI=1S/C13H23ClN4/c1-8-5-4-6-10(8)11(16-15)7-12-13(14)9(2)17-18(12)3/h8,10-11,16H,4-7,15H2,1-3H3. The van der Waals surface area contributed by atoms with Crippen LogP contribution in [0.25, 0.3) is 0 Å².